The molecule has 5 nitrogen and oxygen atoms in total. The molecule has 0 spiro atoms. The smallest absolute Gasteiger partial charge is 0.242 e. The highest BCUT2D eigenvalue weighted by Crippen LogP contribution is 2.17. The number of nitrogens with two attached hydrogens (primary N) is 1. The van der Waals surface area contributed by atoms with Crippen LogP contribution in [0.15, 0.2) is 29.2 Å². The molecule has 6 heteroatoms. The molecule has 1 heterocycles. The number of hydrogen-bond acceptors (Lipinski definition) is 4. The van der Waals surface area contributed by atoms with Gasteiger partial charge in [0.05, 0.1) is 4.90 Å². The Morgan fingerprint density at radius 2 is 2.15 bits per heavy atom. The van der Waals surface area contributed by atoms with Crippen molar-refractivity contribution in [3.05, 3.63) is 29.8 Å². The third-order valence-electron chi connectivity index (χ3n) is 3.63. The van der Waals surface area contributed by atoms with E-state index in [4.69, 9.17) is 5.73 Å². The normalized spacial score (nSPS) is 21.3. The molecule has 0 amide bonds. The second-order valence-electron chi connectivity index (χ2n) is 5.57. The molecule has 0 bridgehead atoms. The van der Waals surface area contributed by atoms with E-state index in [1.807, 2.05) is 6.07 Å². The van der Waals surface area contributed by atoms with Gasteiger partial charge in [-0.15, -0.1) is 0 Å². The van der Waals surface area contributed by atoms with Gasteiger partial charge in [-0.05, 0) is 37.1 Å². The molecule has 1 fully saturated rings. The largest absolute Gasteiger partial charge is 0.327 e. The molecule has 2 rings (SSSR count). The van der Waals surface area contributed by atoms with E-state index in [2.05, 4.69) is 4.90 Å². The molecule has 0 unspecified atom stereocenters. The van der Waals surface area contributed by atoms with Crippen LogP contribution in [0, 0.1) is 0 Å². The molecule has 112 valence electrons. The van der Waals surface area contributed by atoms with E-state index in [1.54, 1.807) is 32.3 Å². The van der Waals surface area contributed by atoms with Crippen molar-refractivity contribution < 1.29 is 8.42 Å². The zero-order valence-corrected chi connectivity index (χ0v) is 12.9. The lowest BCUT2D eigenvalue weighted by molar-refractivity contribution is 0.201. The standard InChI is InChI=1S/C14H23N3O2S/c1-16(2)20(18,19)14-7-3-5-12(9-14)10-17-8-4-6-13(15)11-17/h3,5,7,9,13H,4,6,8,10-11,15H2,1-2H3/t13-/m1/s1. The monoisotopic (exact) mass is 297 g/mol. The van der Waals surface area contributed by atoms with Crippen LogP contribution in [0.5, 0.6) is 0 Å². The Bertz CT molecular complexity index is 557. The summed E-state index contributed by atoms with van der Waals surface area (Å²) >= 11 is 0. The summed E-state index contributed by atoms with van der Waals surface area (Å²) in [5.74, 6) is 0. The van der Waals surface area contributed by atoms with Gasteiger partial charge in [0.15, 0.2) is 0 Å². The van der Waals surface area contributed by atoms with Crippen molar-refractivity contribution in [1.82, 2.24) is 9.21 Å². The molecule has 0 aromatic heterocycles. The van der Waals surface area contributed by atoms with Crippen molar-refractivity contribution in [2.45, 2.75) is 30.3 Å². The molecule has 20 heavy (non-hydrogen) atoms. The van der Waals surface area contributed by atoms with E-state index in [9.17, 15) is 8.42 Å². The summed E-state index contributed by atoms with van der Waals surface area (Å²) < 4.78 is 25.5. The van der Waals surface area contributed by atoms with E-state index in [0.717, 1.165) is 38.0 Å². The highest BCUT2D eigenvalue weighted by atomic mass is 32.2. The van der Waals surface area contributed by atoms with Crippen LogP contribution in [0.25, 0.3) is 0 Å². The molecular formula is C14H23N3O2S. The van der Waals surface area contributed by atoms with E-state index in [0.29, 0.717) is 4.90 Å². The number of hydrogen-bond donors (Lipinski definition) is 1. The topological polar surface area (TPSA) is 66.6 Å². The van der Waals surface area contributed by atoms with E-state index in [1.165, 1.54) is 4.31 Å². The first kappa shape index (κ1) is 15.4. The summed E-state index contributed by atoms with van der Waals surface area (Å²) in [6, 6.07) is 7.40. The molecule has 1 aliphatic rings. The van der Waals surface area contributed by atoms with Gasteiger partial charge in [0.1, 0.15) is 0 Å². The molecule has 1 aromatic carbocycles. The summed E-state index contributed by atoms with van der Waals surface area (Å²) in [6.45, 7) is 2.66. The predicted molar refractivity (Wildman–Crippen MR) is 79.8 cm³/mol. The summed E-state index contributed by atoms with van der Waals surface area (Å²) in [7, 11) is -0.266. The van der Waals surface area contributed by atoms with Crippen LogP contribution < -0.4 is 5.73 Å². The van der Waals surface area contributed by atoms with Gasteiger partial charge in [-0.3, -0.25) is 4.90 Å². The van der Waals surface area contributed by atoms with Gasteiger partial charge in [-0.2, -0.15) is 0 Å². The first-order chi connectivity index (χ1) is 9.39. The van der Waals surface area contributed by atoms with Crippen molar-refractivity contribution in [2.24, 2.45) is 5.73 Å². The number of nitrogens with zero attached hydrogens (tertiary/aromatic N) is 2. The lowest BCUT2D eigenvalue weighted by atomic mass is 10.1. The number of benzene rings is 1. The Hall–Kier alpha value is -0.950. The maximum atomic E-state index is 12.1. The molecule has 2 N–H and O–H groups in total. The van der Waals surface area contributed by atoms with Crippen LogP contribution in [0.2, 0.25) is 0 Å². The van der Waals surface area contributed by atoms with Gasteiger partial charge in [-0.25, -0.2) is 12.7 Å². The minimum absolute atomic E-state index is 0.234. The van der Waals surface area contributed by atoms with E-state index >= 15 is 0 Å². The third-order valence-corrected chi connectivity index (χ3v) is 5.44. The molecule has 0 radical (unpaired) electrons. The quantitative estimate of drug-likeness (QED) is 0.895. The van der Waals surface area contributed by atoms with Gasteiger partial charge in [0.2, 0.25) is 10.0 Å². The highest BCUT2D eigenvalue weighted by Gasteiger charge is 2.19. The Balaban J connectivity index is 2.14. The van der Waals surface area contributed by atoms with Crippen molar-refractivity contribution in [3.63, 3.8) is 0 Å². The predicted octanol–water partition coefficient (Wildman–Crippen LogP) is 0.860. The first-order valence-corrected chi connectivity index (χ1v) is 8.33. The van der Waals surface area contributed by atoms with Gasteiger partial charge >= 0.3 is 0 Å². The summed E-state index contributed by atoms with van der Waals surface area (Å²) in [5, 5.41) is 0. The second-order valence-corrected chi connectivity index (χ2v) is 7.72. The SMILES string of the molecule is CN(C)S(=O)(=O)c1cccc(CN2CCC[C@@H](N)C2)c1. The maximum absolute atomic E-state index is 12.1. The number of sulfonamides is 1. The molecule has 1 aromatic rings. The Labute approximate surface area is 121 Å². The minimum Gasteiger partial charge on any atom is -0.327 e. The Morgan fingerprint density at radius 3 is 2.80 bits per heavy atom. The molecule has 1 atom stereocenters. The average molecular weight is 297 g/mol. The van der Waals surface area contributed by atoms with Crippen LogP contribution >= 0.6 is 0 Å². The van der Waals surface area contributed by atoms with Crippen molar-refractivity contribution >= 4 is 10.0 Å². The third kappa shape index (κ3) is 3.58. The number of rotatable bonds is 4. The maximum Gasteiger partial charge on any atom is 0.242 e. The zero-order valence-electron chi connectivity index (χ0n) is 12.1. The molecule has 0 aliphatic carbocycles. The van der Waals surface area contributed by atoms with Gasteiger partial charge in [0.25, 0.3) is 0 Å². The van der Waals surface area contributed by atoms with Crippen molar-refractivity contribution in [2.75, 3.05) is 27.2 Å². The number of piperidine rings is 1. The van der Waals surface area contributed by atoms with Crippen molar-refractivity contribution in [3.8, 4) is 0 Å². The van der Waals surface area contributed by atoms with Crippen LogP contribution in [0.1, 0.15) is 18.4 Å². The van der Waals surface area contributed by atoms with Crippen LogP contribution in [0.3, 0.4) is 0 Å². The fraction of sp³-hybridized carbons (Fsp3) is 0.571. The fourth-order valence-electron chi connectivity index (χ4n) is 2.51. The van der Waals surface area contributed by atoms with E-state index in [-0.39, 0.29) is 6.04 Å². The van der Waals surface area contributed by atoms with Crippen molar-refractivity contribution in [1.29, 1.82) is 0 Å². The zero-order chi connectivity index (χ0) is 14.8. The van der Waals surface area contributed by atoms with Crippen LogP contribution in [-0.2, 0) is 16.6 Å². The molecular weight excluding hydrogens is 274 g/mol. The summed E-state index contributed by atoms with van der Waals surface area (Å²) in [4.78, 5) is 2.64. The fourth-order valence-corrected chi connectivity index (χ4v) is 3.48. The van der Waals surface area contributed by atoms with Crippen LogP contribution in [0.4, 0.5) is 0 Å². The van der Waals surface area contributed by atoms with Gasteiger partial charge in [-0.1, -0.05) is 12.1 Å². The first-order valence-electron chi connectivity index (χ1n) is 6.89. The summed E-state index contributed by atoms with van der Waals surface area (Å²) in [6.07, 6.45) is 2.18. The highest BCUT2D eigenvalue weighted by molar-refractivity contribution is 7.89. The van der Waals surface area contributed by atoms with Gasteiger partial charge < -0.3 is 5.73 Å². The molecule has 1 aliphatic heterocycles. The Morgan fingerprint density at radius 1 is 1.40 bits per heavy atom. The molecule has 1 saturated heterocycles. The summed E-state index contributed by atoms with van der Waals surface area (Å²) in [5.41, 5.74) is 6.99. The Kier molecular flexibility index (Phi) is 4.80. The van der Waals surface area contributed by atoms with Crippen LogP contribution in [-0.4, -0.2) is 50.8 Å². The second kappa shape index (κ2) is 6.22. The average Bonchev–Trinajstić information content (AvgIpc) is 2.39. The van der Waals surface area contributed by atoms with E-state index < -0.39 is 10.0 Å². The molecule has 0 saturated carbocycles. The lowest BCUT2D eigenvalue weighted by Gasteiger charge is -2.30. The minimum atomic E-state index is -3.36. The number of likely N-dealkylation sites (tertiary alicyclic amines) is 1. The lowest BCUT2D eigenvalue weighted by Crippen LogP contribution is -2.42. The van der Waals surface area contributed by atoms with Gasteiger partial charge in [0, 0.05) is 33.2 Å².